The van der Waals surface area contributed by atoms with Crippen molar-refractivity contribution < 1.29 is 14.3 Å². The lowest BCUT2D eigenvalue weighted by Crippen LogP contribution is -2.32. The van der Waals surface area contributed by atoms with Gasteiger partial charge in [0.15, 0.2) is 5.11 Å². The molecule has 0 aliphatic carbocycles. The molecule has 114 valence electrons. The van der Waals surface area contributed by atoms with Crippen molar-refractivity contribution in [2.24, 2.45) is 0 Å². The normalized spacial score (nSPS) is 10.6. The van der Waals surface area contributed by atoms with Crippen LogP contribution < -0.4 is 10.6 Å². The van der Waals surface area contributed by atoms with Crippen LogP contribution in [0.4, 0.5) is 5.69 Å². The van der Waals surface area contributed by atoms with Gasteiger partial charge in [-0.05, 0) is 55.0 Å². The molecular formula is C16H16N2O3S. The molecule has 0 spiro atoms. The molecule has 22 heavy (non-hydrogen) atoms. The second kappa shape index (κ2) is 7.53. The highest BCUT2D eigenvalue weighted by molar-refractivity contribution is 7.80. The molecule has 0 saturated heterocycles. The number of aliphatic hydroxyl groups excluding tert-OH is 1. The van der Waals surface area contributed by atoms with Crippen LogP contribution in [0.5, 0.6) is 0 Å². The van der Waals surface area contributed by atoms with E-state index >= 15 is 0 Å². The molecule has 0 bridgehead atoms. The zero-order valence-corrected chi connectivity index (χ0v) is 12.8. The van der Waals surface area contributed by atoms with Gasteiger partial charge in [-0.3, -0.25) is 10.1 Å². The van der Waals surface area contributed by atoms with Crippen molar-refractivity contribution in [1.29, 1.82) is 0 Å². The zero-order chi connectivity index (χ0) is 15.9. The Morgan fingerprint density at radius 2 is 2.18 bits per heavy atom. The Kier molecular flexibility index (Phi) is 5.46. The maximum Gasteiger partial charge on any atom is 0.250 e. The third-order valence-electron chi connectivity index (χ3n) is 2.76. The molecule has 0 aliphatic heterocycles. The van der Waals surface area contributed by atoms with Crippen LogP contribution in [-0.4, -0.2) is 16.1 Å². The molecule has 2 aromatic rings. The summed E-state index contributed by atoms with van der Waals surface area (Å²) in [7, 11) is 0. The highest BCUT2D eigenvalue weighted by Crippen LogP contribution is 2.10. The third kappa shape index (κ3) is 4.83. The summed E-state index contributed by atoms with van der Waals surface area (Å²) in [6.07, 6.45) is 2.91. The van der Waals surface area contributed by atoms with E-state index in [1.54, 1.807) is 36.4 Å². The maximum atomic E-state index is 11.7. The number of aryl methyl sites for hydroxylation is 1. The third-order valence-corrected chi connectivity index (χ3v) is 2.97. The summed E-state index contributed by atoms with van der Waals surface area (Å²) in [6, 6.07) is 10.7. The van der Waals surface area contributed by atoms with E-state index in [1.807, 2.05) is 13.0 Å². The van der Waals surface area contributed by atoms with Gasteiger partial charge in [-0.2, -0.15) is 0 Å². The van der Waals surface area contributed by atoms with E-state index in [1.165, 1.54) is 6.08 Å². The molecule has 1 amide bonds. The molecule has 0 unspecified atom stereocenters. The minimum absolute atomic E-state index is 0.0556. The van der Waals surface area contributed by atoms with Gasteiger partial charge in [-0.25, -0.2) is 0 Å². The summed E-state index contributed by atoms with van der Waals surface area (Å²) < 4.78 is 5.32. The van der Waals surface area contributed by atoms with Crippen molar-refractivity contribution in [3.63, 3.8) is 0 Å². The first-order chi connectivity index (χ1) is 10.6. The zero-order valence-electron chi connectivity index (χ0n) is 12.0. The second-order valence-electron chi connectivity index (χ2n) is 4.58. The maximum absolute atomic E-state index is 11.7. The van der Waals surface area contributed by atoms with E-state index < -0.39 is 0 Å². The van der Waals surface area contributed by atoms with Gasteiger partial charge in [0.05, 0.1) is 6.61 Å². The molecule has 0 fully saturated rings. The highest BCUT2D eigenvalue weighted by atomic mass is 32.1. The summed E-state index contributed by atoms with van der Waals surface area (Å²) in [5.41, 5.74) is 1.45. The summed E-state index contributed by atoms with van der Waals surface area (Å²) >= 11 is 5.06. The first kappa shape index (κ1) is 15.9. The van der Waals surface area contributed by atoms with Gasteiger partial charge >= 0.3 is 0 Å². The average Bonchev–Trinajstić information content (AvgIpc) is 2.91. The number of hydrogen-bond acceptors (Lipinski definition) is 4. The smallest absolute Gasteiger partial charge is 0.250 e. The van der Waals surface area contributed by atoms with Gasteiger partial charge in [0.25, 0.3) is 0 Å². The minimum atomic E-state index is -0.357. The number of furan rings is 1. The number of carbonyl (C=O) groups excluding carboxylic acids is 1. The van der Waals surface area contributed by atoms with Gasteiger partial charge in [0, 0.05) is 11.8 Å². The Bertz CT molecular complexity index is 707. The molecule has 0 aliphatic rings. The van der Waals surface area contributed by atoms with E-state index in [4.69, 9.17) is 21.7 Å². The lowest BCUT2D eigenvalue weighted by atomic mass is 10.2. The average molecular weight is 316 g/mol. The van der Waals surface area contributed by atoms with Gasteiger partial charge in [-0.15, -0.1) is 0 Å². The van der Waals surface area contributed by atoms with Crippen LogP contribution in [0.25, 0.3) is 6.08 Å². The first-order valence-electron chi connectivity index (χ1n) is 6.63. The van der Waals surface area contributed by atoms with Crippen LogP contribution >= 0.6 is 12.2 Å². The van der Waals surface area contributed by atoms with Crippen LogP contribution in [0.3, 0.4) is 0 Å². The SMILES string of the molecule is Cc1ccc(C=CC(=O)NC(=S)Nc2cccc(CO)c2)o1. The van der Waals surface area contributed by atoms with E-state index in [9.17, 15) is 4.79 Å². The Balaban J connectivity index is 1.88. The van der Waals surface area contributed by atoms with E-state index in [2.05, 4.69) is 10.6 Å². The topological polar surface area (TPSA) is 74.5 Å². The molecule has 6 heteroatoms. The van der Waals surface area contributed by atoms with Crippen molar-refractivity contribution >= 4 is 35.0 Å². The molecule has 1 heterocycles. The fraction of sp³-hybridized carbons (Fsp3) is 0.125. The van der Waals surface area contributed by atoms with Crippen LogP contribution in [0.2, 0.25) is 0 Å². The van der Waals surface area contributed by atoms with Crippen molar-refractivity contribution in [1.82, 2.24) is 5.32 Å². The van der Waals surface area contributed by atoms with Gasteiger partial charge in [0.2, 0.25) is 5.91 Å². The molecule has 0 saturated carbocycles. The number of nitrogens with one attached hydrogen (secondary N) is 2. The molecule has 0 atom stereocenters. The number of rotatable bonds is 4. The molecule has 0 radical (unpaired) electrons. The predicted molar refractivity (Wildman–Crippen MR) is 89.2 cm³/mol. The Morgan fingerprint density at radius 3 is 2.86 bits per heavy atom. The Hall–Kier alpha value is -2.44. The monoisotopic (exact) mass is 316 g/mol. The lowest BCUT2D eigenvalue weighted by molar-refractivity contribution is -0.115. The number of hydrogen-bond donors (Lipinski definition) is 3. The van der Waals surface area contributed by atoms with Crippen LogP contribution in [0.15, 0.2) is 46.9 Å². The van der Waals surface area contributed by atoms with Gasteiger partial charge in [0.1, 0.15) is 11.5 Å². The molecule has 2 rings (SSSR count). The summed E-state index contributed by atoms with van der Waals surface area (Å²) in [6.45, 7) is 1.77. The van der Waals surface area contributed by atoms with Gasteiger partial charge < -0.3 is 14.8 Å². The minimum Gasteiger partial charge on any atom is -0.462 e. The molecule has 1 aromatic heterocycles. The predicted octanol–water partition coefficient (Wildman–Crippen LogP) is 2.61. The summed E-state index contributed by atoms with van der Waals surface area (Å²) in [4.78, 5) is 11.7. The fourth-order valence-corrected chi connectivity index (χ4v) is 1.98. The largest absolute Gasteiger partial charge is 0.462 e. The first-order valence-corrected chi connectivity index (χ1v) is 7.04. The van der Waals surface area contributed by atoms with E-state index in [0.717, 1.165) is 11.3 Å². The molecular weight excluding hydrogens is 300 g/mol. The number of anilines is 1. The Morgan fingerprint density at radius 1 is 1.36 bits per heavy atom. The van der Waals surface area contributed by atoms with Crippen molar-refractivity contribution in [3.8, 4) is 0 Å². The molecule has 5 nitrogen and oxygen atoms in total. The standard InChI is InChI=1S/C16H16N2O3S/c1-11-5-6-14(21-11)7-8-15(20)18-16(22)17-13-4-2-3-12(9-13)10-19/h2-9,19H,10H2,1H3,(H2,17,18,20,22). The van der Waals surface area contributed by atoms with Crippen LogP contribution in [0.1, 0.15) is 17.1 Å². The van der Waals surface area contributed by atoms with Crippen LogP contribution in [0, 0.1) is 6.92 Å². The number of aliphatic hydroxyl groups is 1. The van der Waals surface area contributed by atoms with Gasteiger partial charge in [-0.1, -0.05) is 12.1 Å². The Labute approximate surface area is 133 Å². The lowest BCUT2D eigenvalue weighted by Gasteiger charge is -2.08. The van der Waals surface area contributed by atoms with Crippen molar-refractivity contribution in [3.05, 3.63) is 59.6 Å². The number of amides is 1. The van der Waals surface area contributed by atoms with E-state index in [0.29, 0.717) is 11.4 Å². The van der Waals surface area contributed by atoms with E-state index in [-0.39, 0.29) is 17.6 Å². The molecule has 1 aromatic carbocycles. The number of thiocarbonyl (C=S) groups is 1. The quantitative estimate of drug-likeness (QED) is 0.597. The number of carbonyl (C=O) groups is 1. The summed E-state index contributed by atoms with van der Waals surface area (Å²) in [5.74, 6) is 1.02. The van der Waals surface area contributed by atoms with Crippen molar-refractivity contribution in [2.75, 3.05) is 5.32 Å². The highest BCUT2D eigenvalue weighted by Gasteiger charge is 2.03. The fourth-order valence-electron chi connectivity index (χ4n) is 1.76. The number of benzene rings is 1. The van der Waals surface area contributed by atoms with Crippen LogP contribution in [-0.2, 0) is 11.4 Å². The second-order valence-corrected chi connectivity index (χ2v) is 4.99. The summed E-state index contributed by atoms with van der Waals surface area (Å²) in [5, 5.41) is 14.7. The van der Waals surface area contributed by atoms with Crippen molar-refractivity contribution in [2.45, 2.75) is 13.5 Å². The molecule has 3 N–H and O–H groups in total.